The van der Waals surface area contributed by atoms with Gasteiger partial charge in [-0.2, -0.15) is 0 Å². The third kappa shape index (κ3) is 5.10. The predicted molar refractivity (Wildman–Crippen MR) is 139 cm³/mol. The third-order valence-electron chi connectivity index (χ3n) is 5.57. The highest BCUT2D eigenvalue weighted by Gasteiger charge is 2.22. The average Bonchev–Trinajstić information content (AvgIpc) is 3.52. The van der Waals surface area contributed by atoms with Gasteiger partial charge in [-0.15, -0.1) is 0 Å². The van der Waals surface area contributed by atoms with Crippen LogP contribution in [0.1, 0.15) is 24.8 Å². The van der Waals surface area contributed by atoms with Crippen molar-refractivity contribution in [1.82, 2.24) is 9.97 Å². The molecule has 0 aliphatic heterocycles. The Morgan fingerprint density at radius 3 is 2.54 bits per heavy atom. The second-order valence-electron chi connectivity index (χ2n) is 8.10. The van der Waals surface area contributed by atoms with E-state index in [4.69, 9.17) is 14.1 Å². The lowest BCUT2D eigenvalue weighted by Gasteiger charge is -2.20. The van der Waals surface area contributed by atoms with Crippen LogP contribution >= 0.6 is 11.3 Å². The molecular weight excluding hydrogens is 458 g/mol. The van der Waals surface area contributed by atoms with Crippen LogP contribution in [0.5, 0.6) is 5.75 Å². The van der Waals surface area contributed by atoms with E-state index in [2.05, 4.69) is 4.98 Å². The predicted octanol–water partition coefficient (Wildman–Crippen LogP) is 6.96. The molecule has 0 fully saturated rings. The molecule has 5 aromatic rings. The molecule has 0 radical (unpaired) electrons. The lowest BCUT2D eigenvalue weighted by Crippen LogP contribution is -2.26. The molecule has 0 bridgehead atoms. The maximum Gasteiger partial charge on any atom is 0.233 e. The summed E-state index contributed by atoms with van der Waals surface area (Å²) in [6, 6.07) is 23.5. The molecule has 3 aromatic carbocycles. The molecule has 0 atom stereocenters. The first-order valence-electron chi connectivity index (χ1n) is 11.5. The Balaban J connectivity index is 1.38. The number of thiazole rings is 1. The van der Waals surface area contributed by atoms with E-state index in [1.165, 1.54) is 16.9 Å². The van der Waals surface area contributed by atoms with Gasteiger partial charge in [-0.3, -0.25) is 9.69 Å². The van der Waals surface area contributed by atoms with E-state index in [1.807, 2.05) is 86.6 Å². The molecule has 0 saturated carbocycles. The highest BCUT2D eigenvalue weighted by Crippen LogP contribution is 2.35. The summed E-state index contributed by atoms with van der Waals surface area (Å²) in [6.07, 6.45) is 2.34. The fourth-order valence-corrected chi connectivity index (χ4v) is 4.78. The highest BCUT2D eigenvalue weighted by molar-refractivity contribution is 7.22. The molecule has 5 rings (SSSR count). The van der Waals surface area contributed by atoms with Gasteiger partial charge in [0, 0.05) is 18.4 Å². The Morgan fingerprint density at radius 2 is 1.80 bits per heavy atom. The van der Waals surface area contributed by atoms with Gasteiger partial charge in [0.05, 0.1) is 28.7 Å². The molecule has 7 heteroatoms. The molecular formula is C28H25N3O3S. The van der Waals surface area contributed by atoms with Gasteiger partial charge in [0.25, 0.3) is 0 Å². The summed E-state index contributed by atoms with van der Waals surface area (Å²) in [6.45, 7) is 4.57. The first-order chi connectivity index (χ1) is 17.1. The van der Waals surface area contributed by atoms with Crippen LogP contribution in [0.2, 0.25) is 0 Å². The maximum absolute atomic E-state index is 13.5. The topological polar surface area (TPSA) is 68.5 Å². The number of ether oxygens (including phenoxy) is 1. The second-order valence-corrected chi connectivity index (χ2v) is 9.11. The van der Waals surface area contributed by atoms with E-state index in [9.17, 15) is 4.79 Å². The number of carbonyl (C=O) groups excluding carboxylic acids is 1. The summed E-state index contributed by atoms with van der Waals surface area (Å²) in [5.74, 6) is 1.91. The van der Waals surface area contributed by atoms with Crippen molar-refractivity contribution in [3.8, 4) is 17.1 Å². The van der Waals surface area contributed by atoms with Crippen molar-refractivity contribution in [1.29, 1.82) is 0 Å². The van der Waals surface area contributed by atoms with Gasteiger partial charge in [0.1, 0.15) is 5.75 Å². The largest absolute Gasteiger partial charge is 0.494 e. The van der Waals surface area contributed by atoms with Gasteiger partial charge in [-0.25, -0.2) is 9.97 Å². The Kier molecular flexibility index (Phi) is 6.59. The van der Waals surface area contributed by atoms with E-state index in [-0.39, 0.29) is 12.3 Å². The number of carbonyl (C=O) groups is 1. The first kappa shape index (κ1) is 22.8. The summed E-state index contributed by atoms with van der Waals surface area (Å²) in [7, 11) is 0. The van der Waals surface area contributed by atoms with Crippen molar-refractivity contribution in [2.45, 2.75) is 26.7 Å². The SMILES string of the molecule is CCOc1ccc(N(C(=O)CCc2ncc(-c3ccc(C)cc3)o2)c2nc3ccccc3s2)cc1. The zero-order chi connectivity index (χ0) is 24.2. The average molecular weight is 484 g/mol. The van der Waals surface area contributed by atoms with Gasteiger partial charge in [-0.05, 0) is 50.2 Å². The molecule has 0 aliphatic rings. The lowest BCUT2D eigenvalue weighted by atomic mass is 10.1. The molecule has 0 saturated heterocycles. The number of benzene rings is 3. The Morgan fingerprint density at radius 1 is 1.03 bits per heavy atom. The Hall–Kier alpha value is -3.97. The first-order valence-corrected chi connectivity index (χ1v) is 12.4. The molecule has 2 heterocycles. The smallest absolute Gasteiger partial charge is 0.233 e. The lowest BCUT2D eigenvalue weighted by molar-refractivity contribution is -0.117. The van der Waals surface area contributed by atoms with Gasteiger partial charge < -0.3 is 9.15 Å². The van der Waals surface area contributed by atoms with Crippen LogP contribution in [-0.2, 0) is 11.2 Å². The summed E-state index contributed by atoms with van der Waals surface area (Å²) < 4.78 is 12.5. The van der Waals surface area contributed by atoms with Gasteiger partial charge in [0.2, 0.25) is 5.91 Å². The summed E-state index contributed by atoms with van der Waals surface area (Å²) in [4.78, 5) is 24.3. The normalized spacial score (nSPS) is 11.0. The van der Waals surface area contributed by atoms with Crippen molar-refractivity contribution < 1.29 is 13.9 Å². The number of nitrogens with zero attached hydrogens (tertiary/aromatic N) is 3. The van der Waals surface area contributed by atoms with Crippen molar-refractivity contribution in [2.24, 2.45) is 0 Å². The third-order valence-corrected chi connectivity index (χ3v) is 6.59. The molecule has 0 spiro atoms. The van der Waals surface area contributed by atoms with Gasteiger partial charge in [-0.1, -0.05) is 53.3 Å². The van der Waals surface area contributed by atoms with Crippen molar-refractivity contribution in [2.75, 3.05) is 11.5 Å². The van der Waals surface area contributed by atoms with Crippen LogP contribution in [0.25, 0.3) is 21.5 Å². The number of aryl methyl sites for hydroxylation is 2. The van der Waals surface area contributed by atoms with Crippen LogP contribution in [0.4, 0.5) is 10.8 Å². The number of fused-ring (bicyclic) bond motifs is 1. The minimum absolute atomic E-state index is 0.0803. The van der Waals surface area contributed by atoms with Crippen LogP contribution in [-0.4, -0.2) is 22.5 Å². The fraction of sp³-hybridized carbons (Fsp3) is 0.179. The van der Waals surface area contributed by atoms with E-state index < -0.39 is 0 Å². The monoisotopic (exact) mass is 483 g/mol. The van der Waals surface area contributed by atoms with Crippen LogP contribution in [0.15, 0.2) is 83.4 Å². The Bertz CT molecular complexity index is 1410. The molecule has 0 aliphatic carbocycles. The van der Waals surface area contributed by atoms with E-state index in [1.54, 1.807) is 11.1 Å². The summed E-state index contributed by atoms with van der Waals surface area (Å²) in [5, 5.41) is 0.633. The van der Waals surface area contributed by atoms with Gasteiger partial charge in [0.15, 0.2) is 16.8 Å². The number of aromatic nitrogens is 2. The Labute approximate surface area is 207 Å². The number of oxazole rings is 1. The molecule has 0 unspecified atom stereocenters. The second kappa shape index (κ2) is 10.1. The molecule has 2 aromatic heterocycles. The summed E-state index contributed by atoms with van der Waals surface area (Å²) >= 11 is 1.49. The van der Waals surface area contributed by atoms with E-state index in [0.29, 0.717) is 29.8 Å². The highest BCUT2D eigenvalue weighted by atomic mass is 32.1. The zero-order valence-corrected chi connectivity index (χ0v) is 20.4. The van der Waals surface area contributed by atoms with Crippen LogP contribution in [0.3, 0.4) is 0 Å². The van der Waals surface area contributed by atoms with E-state index >= 15 is 0 Å². The zero-order valence-electron chi connectivity index (χ0n) is 19.6. The number of hydrogen-bond acceptors (Lipinski definition) is 6. The maximum atomic E-state index is 13.5. The minimum atomic E-state index is -0.0803. The number of rotatable bonds is 8. The van der Waals surface area contributed by atoms with E-state index in [0.717, 1.165) is 27.2 Å². The molecule has 6 nitrogen and oxygen atoms in total. The number of amides is 1. The molecule has 0 N–H and O–H groups in total. The molecule has 35 heavy (non-hydrogen) atoms. The van der Waals surface area contributed by atoms with Crippen molar-refractivity contribution in [3.05, 3.63) is 90.4 Å². The quantitative estimate of drug-likeness (QED) is 0.239. The molecule has 1 amide bonds. The summed E-state index contributed by atoms with van der Waals surface area (Å²) in [5.41, 5.74) is 3.76. The van der Waals surface area contributed by atoms with Gasteiger partial charge >= 0.3 is 0 Å². The van der Waals surface area contributed by atoms with Crippen LogP contribution < -0.4 is 9.64 Å². The number of hydrogen-bond donors (Lipinski definition) is 0. The fourth-order valence-electron chi connectivity index (χ4n) is 3.78. The number of anilines is 2. The van der Waals surface area contributed by atoms with Crippen molar-refractivity contribution >= 4 is 38.3 Å². The van der Waals surface area contributed by atoms with Crippen LogP contribution in [0, 0.1) is 6.92 Å². The van der Waals surface area contributed by atoms with Crippen molar-refractivity contribution in [3.63, 3.8) is 0 Å². The number of para-hydroxylation sites is 1. The molecule has 176 valence electrons. The standard InChI is InChI=1S/C28H25N3O3S/c1-3-33-22-14-12-21(13-15-22)31(28-30-23-6-4-5-7-25(23)35-28)27(32)17-16-26-29-18-24(34-26)20-10-8-19(2)9-11-20/h4-15,18H,3,16-17H2,1-2H3. The minimum Gasteiger partial charge on any atom is -0.494 e.